The van der Waals surface area contributed by atoms with E-state index in [9.17, 15) is 9.59 Å². The molecule has 0 aliphatic heterocycles. The predicted molar refractivity (Wildman–Crippen MR) is 94.6 cm³/mol. The van der Waals surface area contributed by atoms with Crippen LogP contribution < -0.4 is 0 Å². The summed E-state index contributed by atoms with van der Waals surface area (Å²) in [5.41, 5.74) is 4.14. The van der Waals surface area contributed by atoms with E-state index in [1.54, 1.807) is 0 Å². The summed E-state index contributed by atoms with van der Waals surface area (Å²) >= 11 is 0. The quantitative estimate of drug-likeness (QED) is 0.842. The smallest absolute Gasteiger partial charge is 0.255 e. The van der Waals surface area contributed by atoms with Crippen LogP contribution in [-0.4, -0.2) is 34.7 Å². The van der Waals surface area contributed by atoms with Crippen molar-refractivity contribution < 1.29 is 9.59 Å². The lowest BCUT2D eigenvalue weighted by molar-refractivity contribution is 0.0770. The number of pyridine rings is 1. The summed E-state index contributed by atoms with van der Waals surface area (Å²) in [5.74, 6) is 0.566. The van der Waals surface area contributed by atoms with Gasteiger partial charge in [-0.1, -0.05) is 13.8 Å². The van der Waals surface area contributed by atoms with Gasteiger partial charge in [-0.2, -0.15) is 0 Å². The number of rotatable bonds is 4. The second kappa shape index (κ2) is 5.98. The standard InChI is InChI=1S/C20H28N2O2/c1-6-22(7-2)19(24)16-12(3)21-14-10-20(4,5)11-15(23)18(14)17(16)13-8-9-13/h13H,6-11H2,1-5H3. The Labute approximate surface area is 144 Å². The van der Waals surface area contributed by atoms with Crippen LogP contribution in [0.4, 0.5) is 0 Å². The van der Waals surface area contributed by atoms with E-state index < -0.39 is 0 Å². The van der Waals surface area contributed by atoms with Gasteiger partial charge >= 0.3 is 0 Å². The van der Waals surface area contributed by atoms with Gasteiger partial charge in [-0.3, -0.25) is 14.6 Å². The van der Waals surface area contributed by atoms with Gasteiger partial charge in [-0.25, -0.2) is 0 Å². The summed E-state index contributed by atoms with van der Waals surface area (Å²) in [6.45, 7) is 11.5. The van der Waals surface area contributed by atoms with Crippen molar-refractivity contribution in [1.29, 1.82) is 0 Å². The van der Waals surface area contributed by atoms with E-state index in [4.69, 9.17) is 4.98 Å². The van der Waals surface area contributed by atoms with E-state index in [1.807, 2.05) is 25.7 Å². The zero-order valence-electron chi connectivity index (χ0n) is 15.5. The fourth-order valence-electron chi connectivity index (χ4n) is 3.99. The Balaban J connectivity index is 2.20. The van der Waals surface area contributed by atoms with Crippen LogP contribution in [0.1, 0.15) is 90.5 Å². The molecular weight excluding hydrogens is 300 g/mol. The normalized spacial score (nSPS) is 19.1. The molecule has 3 rings (SSSR count). The van der Waals surface area contributed by atoms with Crippen molar-refractivity contribution in [2.24, 2.45) is 5.41 Å². The minimum absolute atomic E-state index is 0.0346. The highest BCUT2D eigenvalue weighted by molar-refractivity contribution is 6.05. The molecule has 0 atom stereocenters. The number of nitrogens with zero attached hydrogens (tertiary/aromatic N) is 2. The second-order valence-corrected chi connectivity index (χ2v) is 8.00. The average molecular weight is 328 g/mol. The van der Waals surface area contributed by atoms with Crippen LogP contribution in [0.5, 0.6) is 0 Å². The van der Waals surface area contributed by atoms with Crippen LogP contribution in [0.2, 0.25) is 0 Å². The summed E-state index contributed by atoms with van der Waals surface area (Å²) in [5, 5.41) is 0. The first-order chi connectivity index (χ1) is 11.3. The van der Waals surface area contributed by atoms with Gasteiger partial charge in [-0.05, 0) is 56.9 Å². The number of amides is 1. The Morgan fingerprint density at radius 3 is 2.38 bits per heavy atom. The van der Waals surface area contributed by atoms with Gasteiger partial charge < -0.3 is 4.90 Å². The molecule has 1 saturated carbocycles. The van der Waals surface area contributed by atoms with Gasteiger partial charge in [0.15, 0.2) is 5.78 Å². The van der Waals surface area contributed by atoms with Crippen molar-refractivity contribution in [2.75, 3.05) is 13.1 Å². The molecule has 0 unspecified atom stereocenters. The summed E-state index contributed by atoms with van der Waals surface area (Å²) in [7, 11) is 0. The molecule has 130 valence electrons. The Kier molecular flexibility index (Phi) is 4.27. The lowest BCUT2D eigenvalue weighted by Crippen LogP contribution is -2.35. The fraction of sp³-hybridized carbons (Fsp3) is 0.650. The van der Waals surface area contributed by atoms with Gasteiger partial charge in [0.1, 0.15) is 0 Å². The number of aryl methyl sites for hydroxylation is 1. The lowest BCUT2D eigenvalue weighted by atomic mass is 9.73. The first-order valence-corrected chi connectivity index (χ1v) is 9.15. The number of aromatic nitrogens is 1. The summed E-state index contributed by atoms with van der Waals surface area (Å²) in [6, 6.07) is 0. The van der Waals surface area contributed by atoms with Crippen LogP contribution in [-0.2, 0) is 6.42 Å². The zero-order valence-corrected chi connectivity index (χ0v) is 15.5. The number of Topliss-reactive ketones (excluding diaryl/α,β-unsaturated/α-hetero) is 1. The molecule has 1 aromatic rings. The topological polar surface area (TPSA) is 50.3 Å². The highest BCUT2D eigenvalue weighted by Gasteiger charge is 2.40. The van der Waals surface area contributed by atoms with Crippen LogP contribution >= 0.6 is 0 Å². The van der Waals surface area contributed by atoms with Crippen molar-refractivity contribution in [3.63, 3.8) is 0 Å². The molecule has 1 amide bonds. The summed E-state index contributed by atoms with van der Waals surface area (Å²) in [6.07, 6.45) is 3.51. The van der Waals surface area contributed by atoms with E-state index in [-0.39, 0.29) is 17.1 Å². The molecule has 1 fully saturated rings. The third kappa shape index (κ3) is 2.87. The second-order valence-electron chi connectivity index (χ2n) is 8.00. The maximum atomic E-state index is 13.1. The largest absolute Gasteiger partial charge is 0.339 e. The third-order valence-electron chi connectivity index (χ3n) is 5.31. The minimum Gasteiger partial charge on any atom is -0.339 e. The summed E-state index contributed by atoms with van der Waals surface area (Å²) in [4.78, 5) is 32.5. The zero-order chi connectivity index (χ0) is 17.6. The first-order valence-electron chi connectivity index (χ1n) is 9.15. The molecule has 0 bridgehead atoms. The number of carbonyl (C=O) groups excluding carboxylic acids is 2. The van der Waals surface area contributed by atoms with Gasteiger partial charge in [0, 0.05) is 25.1 Å². The molecule has 0 radical (unpaired) electrons. The van der Waals surface area contributed by atoms with Crippen molar-refractivity contribution in [2.45, 2.75) is 66.2 Å². The molecule has 2 aliphatic carbocycles. The first kappa shape index (κ1) is 17.1. The number of hydrogen-bond donors (Lipinski definition) is 0. The van der Waals surface area contributed by atoms with Crippen LogP contribution in [0.3, 0.4) is 0 Å². The number of carbonyl (C=O) groups is 2. The molecule has 2 aliphatic rings. The van der Waals surface area contributed by atoms with Crippen molar-refractivity contribution in [3.05, 3.63) is 28.1 Å². The Bertz CT molecular complexity index is 698. The fourth-order valence-corrected chi connectivity index (χ4v) is 3.99. The highest BCUT2D eigenvalue weighted by atomic mass is 16.2. The molecule has 24 heavy (non-hydrogen) atoms. The Hall–Kier alpha value is -1.71. The van der Waals surface area contributed by atoms with E-state index >= 15 is 0 Å². The van der Waals surface area contributed by atoms with Crippen LogP contribution in [0.25, 0.3) is 0 Å². The van der Waals surface area contributed by atoms with Crippen molar-refractivity contribution in [3.8, 4) is 0 Å². The average Bonchev–Trinajstić information content (AvgIpc) is 3.29. The lowest BCUT2D eigenvalue weighted by Gasteiger charge is -2.32. The number of ketones is 1. The van der Waals surface area contributed by atoms with Crippen molar-refractivity contribution in [1.82, 2.24) is 9.88 Å². The Morgan fingerprint density at radius 2 is 1.83 bits per heavy atom. The van der Waals surface area contributed by atoms with Crippen LogP contribution in [0.15, 0.2) is 0 Å². The number of fused-ring (bicyclic) bond motifs is 1. The van der Waals surface area contributed by atoms with Gasteiger partial charge in [0.05, 0.1) is 17.0 Å². The number of hydrogen-bond acceptors (Lipinski definition) is 3. The van der Waals surface area contributed by atoms with Crippen molar-refractivity contribution >= 4 is 11.7 Å². The minimum atomic E-state index is -0.0469. The predicted octanol–water partition coefficient (Wildman–Crippen LogP) is 3.90. The van der Waals surface area contributed by atoms with E-state index in [2.05, 4.69) is 13.8 Å². The molecular formula is C20H28N2O2. The van der Waals surface area contributed by atoms with Gasteiger partial charge in [0.25, 0.3) is 5.91 Å². The third-order valence-corrected chi connectivity index (χ3v) is 5.31. The van der Waals surface area contributed by atoms with Gasteiger partial charge in [-0.15, -0.1) is 0 Å². The Morgan fingerprint density at radius 1 is 1.21 bits per heavy atom. The maximum absolute atomic E-state index is 13.1. The van der Waals surface area contributed by atoms with Crippen LogP contribution in [0, 0.1) is 12.3 Å². The van der Waals surface area contributed by atoms with Gasteiger partial charge in [0.2, 0.25) is 0 Å². The molecule has 4 heteroatoms. The summed E-state index contributed by atoms with van der Waals surface area (Å²) < 4.78 is 0. The molecule has 4 nitrogen and oxygen atoms in total. The molecule has 0 spiro atoms. The molecule has 1 aromatic heterocycles. The SMILES string of the molecule is CCN(CC)C(=O)c1c(C)nc2c(c1C1CC1)C(=O)CC(C)(C)C2. The molecule has 1 heterocycles. The monoisotopic (exact) mass is 328 g/mol. The molecule has 0 aromatic carbocycles. The van der Waals surface area contributed by atoms with E-state index in [0.717, 1.165) is 41.8 Å². The van der Waals surface area contributed by atoms with E-state index in [0.29, 0.717) is 31.0 Å². The maximum Gasteiger partial charge on any atom is 0.255 e. The molecule has 0 saturated heterocycles. The molecule has 0 N–H and O–H groups in total. The van der Waals surface area contributed by atoms with E-state index in [1.165, 1.54) is 0 Å². The highest BCUT2D eigenvalue weighted by Crippen LogP contribution is 2.47.